The number of aryl methyl sites for hydroxylation is 3. The van der Waals surface area contributed by atoms with Gasteiger partial charge in [-0.1, -0.05) is 0 Å². The number of nitrogens with two attached hydrogens (primary N) is 1. The van der Waals surface area contributed by atoms with E-state index >= 15 is 0 Å². The van der Waals surface area contributed by atoms with E-state index in [1.165, 1.54) is 5.56 Å². The first-order chi connectivity index (χ1) is 11.9. The van der Waals surface area contributed by atoms with Crippen LogP contribution in [-0.4, -0.2) is 46.0 Å². The molecule has 2 aromatic heterocycles. The van der Waals surface area contributed by atoms with Crippen LogP contribution in [-0.2, 0) is 6.54 Å². The first-order valence-corrected chi connectivity index (χ1v) is 8.91. The van der Waals surface area contributed by atoms with Crippen LogP contribution in [0.4, 0.5) is 11.8 Å². The van der Waals surface area contributed by atoms with Gasteiger partial charge in [0.05, 0.1) is 5.69 Å². The highest BCUT2D eigenvalue weighted by molar-refractivity contribution is 5.43. The van der Waals surface area contributed by atoms with Crippen LogP contribution in [0.25, 0.3) is 0 Å². The zero-order valence-corrected chi connectivity index (χ0v) is 15.7. The van der Waals surface area contributed by atoms with Crippen molar-refractivity contribution >= 4 is 11.8 Å². The molecule has 6 heteroatoms. The van der Waals surface area contributed by atoms with Crippen molar-refractivity contribution in [2.75, 3.05) is 30.8 Å². The number of aromatic nitrogens is 3. The van der Waals surface area contributed by atoms with Crippen LogP contribution in [0.15, 0.2) is 18.2 Å². The molecule has 3 heterocycles. The Morgan fingerprint density at radius 1 is 1.04 bits per heavy atom. The average molecular weight is 340 g/mol. The molecular formula is C19H28N6. The van der Waals surface area contributed by atoms with E-state index in [9.17, 15) is 0 Å². The van der Waals surface area contributed by atoms with E-state index in [1.807, 2.05) is 13.0 Å². The topological polar surface area (TPSA) is 71.2 Å². The molecule has 6 nitrogen and oxygen atoms in total. The van der Waals surface area contributed by atoms with E-state index in [-0.39, 0.29) is 0 Å². The summed E-state index contributed by atoms with van der Waals surface area (Å²) in [4.78, 5) is 17.9. The van der Waals surface area contributed by atoms with Crippen LogP contribution in [0.5, 0.6) is 0 Å². The quantitative estimate of drug-likeness (QED) is 0.922. The molecule has 0 atom stereocenters. The molecule has 0 spiro atoms. The second kappa shape index (κ2) is 7.35. The summed E-state index contributed by atoms with van der Waals surface area (Å²) in [7, 11) is 2.20. The smallest absolute Gasteiger partial charge is 0.222 e. The summed E-state index contributed by atoms with van der Waals surface area (Å²) in [5.41, 5.74) is 10.2. The summed E-state index contributed by atoms with van der Waals surface area (Å²) in [5.74, 6) is 1.30. The molecule has 134 valence electrons. The minimum Gasteiger partial charge on any atom is -0.368 e. The van der Waals surface area contributed by atoms with E-state index < -0.39 is 0 Å². The summed E-state index contributed by atoms with van der Waals surface area (Å²) in [6, 6.07) is 6.89. The number of pyridine rings is 1. The van der Waals surface area contributed by atoms with Gasteiger partial charge in [0.15, 0.2) is 0 Å². The van der Waals surface area contributed by atoms with Crippen LogP contribution >= 0.6 is 0 Å². The molecule has 0 aromatic carbocycles. The third-order valence-electron chi connectivity index (χ3n) is 4.83. The van der Waals surface area contributed by atoms with Gasteiger partial charge < -0.3 is 10.6 Å². The molecule has 0 unspecified atom stereocenters. The van der Waals surface area contributed by atoms with Crippen LogP contribution in [0.3, 0.4) is 0 Å². The lowest BCUT2D eigenvalue weighted by Gasteiger charge is -2.37. The van der Waals surface area contributed by atoms with Crippen molar-refractivity contribution in [2.45, 2.75) is 46.2 Å². The average Bonchev–Trinajstić information content (AvgIpc) is 2.53. The highest BCUT2D eigenvalue weighted by atomic mass is 15.2. The zero-order chi connectivity index (χ0) is 18.0. The van der Waals surface area contributed by atoms with Gasteiger partial charge in [0.2, 0.25) is 5.95 Å². The molecular weight excluding hydrogens is 312 g/mol. The van der Waals surface area contributed by atoms with Crippen molar-refractivity contribution in [3.63, 3.8) is 0 Å². The van der Waals surface area contributed by atoms with Gasteiger partial charge in [0.25, 0.3) is 0 Å². The van der Waals surface area contributed by atoms with E-state index in [4.69, 9.17) is 5.73 Å². The van der Waals surface area contributed by atoms with E-state index in [0.717, 1.165) is 55.4 Å². The molecule has 0 aliphatic carbocycles. The molecule has 1 aliphatic rings. The lowest BCUT2D eigenvalue weighted by Crippen LogP contribution is -2.43. The second-order valence-electron chi connectivity index (χ2n) is 7.14. The highest BCUT2D eigenvalue weighted by Crippen LogP contribution is 2.22. The van der Waals surface area contributed by atoms with Crippen molar-refractivity contribution in [1.29, 1.82) is 0 Å². The molecule has 0 radical (unpaired) electrons. The van der Waals surface area contributed by atoms with Crippen LogP contribution < -0.4 is 10.6 Å². The summed E-state index contributed by atoms with van der Waals surface area (Å²) in [6.07, 6.45) is 2.23. The maximum atomic E-state index is 5.79. The summed E-state index contributed by atoms with van der Waals surface area (Å²) in [5, 5.41) is 0. The molecule has 1 aliphatic heterocycles. The van der Waals surface area contributed by atoms with E-state index in [1.54, 1.807) is 0 Å². The Bertz CT molecular complexity index is 696. The van der Waals surface area contributed by atoms with Crippen LogP contribution in [0.2, 0.25) is 0 Å². The Balaban J connectivity index is 1.59. The number of anilines is 2. The fourth-order valence-corrected chi connectivity index (χ4v) is 3.66. The number of nitrogens with zero attached hydrogens (tertiary/aromatic N) is 5. The number of hydrogen-bond acceptors (Lipinski definition) is 6. The van der Waals surface area contributed by atoms with E-state index in [0.29, 0.717) is 12.0 Å². The van der Waals surface area contributed by atoms with Gasteiger partial charge in [-0.3, -0.25) is 9.88 Å². The predicted molar refractivity (Wildman–Crippen MR) is 102 cm³/mol. The maximum absolute atomic E-state index is 5.79. The number of hydrogen-bond donors (Lipinski definition) is 1. The van der Waals surface area contributed by atoms with Gasteiger partial charge in [-0.2, -0.15) is 4.98 Å². The first kappa shape index (κ1) is 17.6. The van der Waals surface area contributed by atoms with Crippen molar-refractivity contribution in [3.05, 3.63) is 40.8 Å². The van der Waals surface area contributed by atoms with Crippen molar-refractivity contribution in [2.24, 2.45) is 0 Å². The Hall–Kier alpha value is -2.21. The van der Waals surface area contributed by atoms with E-state index in [2.05, 4.69) is 57.8 Å². The third kappa shape index (κ3) is 4.45. The Kier molecular flexibility index (Phi) is 5.18. The number of piperidine rings is 1. The molecule has 0 amide bonds. The zero-order valence-electron chi connectivity index (χ0n) is 15.7. The summed E-state index contributed by atoms with van der Waals surface area (Å²) < 4.78 is 0. The molecule has 25 heavy (non-hydrogen) atoms. The molecule has 1 saturated heterocycles. The molecule has 0 bridgehead atoms. The normalized spacial score (nSPS) is 15.8. The van der Waals surface area contributed by atoms with Crippen LogP contribution in [0.1, 0.15) is 35.5 Å². The van der Waals surface area contributed by atoms with Gasteiger partial charge in [-0.15, -0.1) is 0 Å². The minimum atomic E-state index is 0.357. The number of rotatable bonds is 4. The molecule has 2 N–H and O–H groups in total. The van der Waals surface area contributed by atoms with Crippen molar-refractivity contribution in [1.82, 2.24) is 19.9 Å². The summed E-state index contributed by atoms with van der Waals surface area (Å²) in [6.45, 7) is 9.03. The fraction of sp³-hybridized carbons (Fsp3) is 0.526. The van der Waals surface area contributed by atoms with Gasteiger partial charge in [-0.05, 0) is 58.4 Å². The largest absolute Gasteiger partial charge is 0.368 e. The van der Waals surface area contributed by atoms with Gasteiger partial charge in [0.1, 0.15) is 5.82 Å². The van der Waals surface area contributed by atoms with Gasteiger partial charge in [-0.25, -0.2) is 4.98 Å². The standard InChI is InChI=1S/C19H28N6/c1-13-9-14(2)21-16(10-13)12-24(4)17-5-7-25(8-6-17)18-11-15(3)22-19(20)23-18/h9-11,17H,5-8,12H2,1-4H3,(H2,20,22,23). The Morgan fingerprint density at radius 3 is 2.36 bits per heavy atom. The Morgan fingerprint density at radius 2 is 1.72 bits per heavy atom. The minimum absolute atomic E-state index is 0.357. The highest BCUT2D eigenvalue weighted by Gasteiger charge is 2.24. The predicted octanol–water partition coefficient (Wildman–Crippen LogP) is 2.48. The maximum Gasteiger partial charge on any atom is 0.222 e. The molecule has 0 saturated carbocycles. The SMILES string of the molecule is Cc1cc(C)nc(CN(C)C2CCN(c3cc(C)nc(N)n3)CC2)c1. The lowest BCUT2D eigenvalue weighted by atomic mass is 10.0. The van der Waals surface area contributed by atoms with Gasteiger partial charge >= 0.3 is 0 Å². The van der Waals surface area contributed by atoms with Crippen molar-refractivity contribution < 1.29 is 0 Å². The van der Waals surface area contributed by atoms with Crippen molar-refractivity contribution in [3.8, 4) is 0 Å². The molecule has 1 fully saturated rings. The summed E-state index contributed by atoms with van der Waals surface area (Å²) >= 11 is 0. The second-order valence-corrected chi connectivity index (χ2v) is 7.14. The fourth-order valence-electron chi connectivity index (χ4n) is 3.66. The third-order valence-corrected chi connectivity index (χ3v) is 4.83. The monoisotopic (exact) mass is 340 g/mol. The number of nitrogen functional groups attached to an aromatic ring is 1. The molecule has 2 aromatic rings. The van der Waals surface area contributed by atoms with Crippen LogP contribution in [0, 0.1) is 20.8 Å². The molecule has 3 rings (SSSR count). The first-order valence-electron chi connectivity index (χ1n) is 8.91. The lowest BCUT2D eigenvalue weighted by molar-refractivity contribution is 0.198. The van der Waals surface area contributed by atoms with Gasteiger partial charge in [0, 0.05) is 43.1 Å². The Labute approximate surface area is 150 Å².